The molecule has 0 saturated carbocycles. The predicted octanol–water partition coefficient (Wildman–Crippen LogP) is 5.40. The van der Waals surface area contributed by atoms with Gasteiger partial charge in [0, 0.05) is 0 Å². The molecule has 23 heavy (non-hydrogen) atoms. The van der Waals surface area contributed by atoms with Gasteiger partial charge in [-0.25, -0.2) is 0 Å². The van der Waals surface area contributed by atoms with E-state index in [-0.39, 0.29) is 0 Å². The summed E-state index contributed by atoms with van der Waals surface area (Å²) in [5.41, 5.74) is 3.93. The molecule has 0 heterocycles. The number of hydrogen-bond acceptors (Lipinski definition) is 3. The second-order valence-electron chi connectivity index (χ2n) is 8.75. The number of rotatable bonds is 8. The van der Waals surface area contributed by atoms with Crippen LogP contribution in [0.3, 0.4) is 0 Å². The minimum Gasteiger partial charge on any atom is -0.449 e. The first-order valence-electron chi connectivity index (χ1n) is 8.26. The SMILES string of the molecule is C=C[Si](C)(C)O[Si](C)(C)C=C.C[SiH](O[Si](C)(C)C)O[Si](C)(C)C. The second-order valence-corrected chi connectivity index (χ2v) is 28.3. The van der Waals surface area contributed by atoms with Crippen molar-refractivity contribution in [2.75, 3.05) is 0 Å². The average Bonchev–Trinajstić information content (AvgIpc) is 2.23. The van der Waals surface area contributed by atoms with Crippen molar-refractivity contribution in [3.63, 3.8) is 0 Å². The molecular weight excluding hydrogens is 369 g/mol. The van der Waals surface area contributed by atoms with Gasteiger partial charge >= 0.3 is 0 Å². The van der Waals surface area contributed by atoms with Crippen LogP contribution in [0.2, 0.25) is 72.0 Å². The van der Waals surface area contributed by atoms with E-state index in [9.17, 15) is 0 Å². The van der Waals surface area contributed by atoms with Crippen molar-refractivity contribution in [1.29, 1.82) is 0 Å². The van der Waals surface area contributed by atoms with E-state index in [0.29, 0.717) is 0 Å². The fourth-order valence-corrected chi connectivity index (χ4v) is 16.5. The fraction of sp³-hybridized carbons (Fsp3) is 0.733. The lowest BCUT2D eigenvalue weighted by Crippen LogP contribution is -2.41. The van der Waals surface area contributed by atoms with Crippen LogP contribution in [0.4, 0.5) is 0 Å². The van der Waals surface area contributed by atoms with Crippen LogP contribution in [0.1, 0.15) is 0 Å². The molecule has 0 aliphatic carbocycles. The molecule has 0 saturated heterocycles. The summed E-state index contributed by atoms with van der Waals surface area (Å²) in [6.07, 6.45) is 0. The summed E-state index contributed by atoms with van der Waals surface area (Å²) >= 11 is 0. The van der Waals surface area contributed by atoms with Gasteiger partial charge in [-0.2, -0.15) is 0 Å². The molecule has 0 rings (SSSR count). The third-order valence-corrected chi connectivity index (χ3v) is 17.0. The van der Waals surface area contributed by atoms with Gasteiger partial charge in [0.2, 0.25) is 0 Å². The van der Waals surface area contributed by atoms with Crippen LogP contribution < -0.4 is 0 Å². The summed E-state index contributed by atoms with van der Waals surface area (Å²) in [5, 5.41) is 0. The molecule has 0 N–H and O–H groups in total. The Morgan fingerprint density at radius 3 is 1.09 bits per heavy atom. The van der Waals surface area contributed by atoms with E-state index in [4.69, 9.17) is 12.3 Å². The molecule has 0 aromatic rings. The maximum Gasteiger partial charge on any atom is 0.297 e. The summed E-state index contributed by atoms with van der Waals surface area (Å²) in [7, 11) is -7.21. The van der Waals surface area contributed by atoms with Crippen molar-refractivity contribution in [3.8, 4) is 0 Å². The topological polar surface area (TPSA) is 27.7 Å². The van der Waals surface area contributed by atoms with Crippen LogP contribution in [-0.2, 0) is 12.3 Å². The minimum atomic E-state index is -1.58. The third-order valence-electron chi connectivity index (χ3n) is 2.55. The lowest BCUT2D eigenvalue weighted by molar-refractivity contribution is 0.428. The molecule has 8 heteroatoms. The van der Waals surface area contributed by atoms with E-state index >= 15 is 0 Å². The monoisotopic (exact) mass is 408 g/mol. The quantitative estimate of drug-likeness (QED) is 0.503. The molecule has 0 aromatic heterocycles. The smallest absolute Gasteiger partial charge is 0.297 e. The molecule has 0 radical (unpaired) electrons. The number of hydrogen-bond donors (Lipinski definition) is 0. The van der Waals surface area contributed by atoms with Crippen LogP contribution >= 0.6 is 0 Å². The highest BCUT2D eigenvalue weighted by Crippen LogP contribution is 2.15. The van der Waals surface area contributed by atoms with Crippen molar-refractivity contribution < 1.29 is 12.3 Å². The van der Waals surface area contributed by atoms with E-state index in [0.717, 1.165) is 0 Å². The third kappa shape index (κ3) is 18.6. The van der Waals surface area contributed by atoms with Gasteiger partial charge in [-0.05, 0) is 72.0 Å². The van der Waals surface area contributed by atoms with Gasteiger partial charge in [0.25, 0.3) is 9.28 Å². The first-order valence-corrected chi connectivity index (χ1v) is 23.1. The zero-order valence-corrected chi connectivity index (χ0v) is 22.5. The maximum absolute atomic E-state index is 5.97. The highest BCUT2D eigenvalue weighted by molar-refractivity contribution is 6.89. The Labute approximate surface area is 151 Å². The molecule has 0 spiro atoms. The summed E-state index contributed by atoms with van der Waals surface area (Å²) in [6, 6.07) is 0. The van der Waals surface area contributed by atoms with Crippen LogP contribution in [0, 0.1) is 0 Å². The van der Waals surface area contributed by atoms with Gasteiger partial charge < -0.3 is 12.3 Å². The molecule has 0 aliphatic heterocycles. The normalized spacial score (nSPS) is 13.4. The van der Waals surface area contributed by atoms with Gasteiger partial charge in [0.15, 0.2) is 33.3 Å². The van der Waals surface area contributed by atoms with Gasteiger partial charge in [-0.15, -0.1) is 13.2 Å². The van der Waals surface area contributed by atoms with Gasteiger partial charge in [0.1, 0.15) is 0 Å². The largest absolute Gasteiger partial charge is 0.449 e. The van der Waals surface area contributed by atoms with E-state index in [1.807, 2.05) is 11.4 Å². The van der Waals surface area contributed by atoms with E-state index in [2.05, 4.69) is 85.2 Å². The van der Waals surface area contributed by atoms with Gasteiger partial charge in [0.05, 0.1) is 0 Å². The Kier molecular flexibility index (Phi) is 10.9. The van der Waals surface area contributed by atoms with Crippen LogP contribution in [0.15, 0.2) is 24.6 Å². The Morgan fingerprint density at radius 2 is 0.913 bits per heavy atom. The molecule has 0 unspecified atom stereocenters. The van der Waals surface area contributed by atoms with Gasteiger partial charge in [-0.1, -0.05) is 11.4 Å². The first-order chi connectivity index (χ1) is 9.93. The molecule has 138 valence electrons. The molecule has 0 amide bonds. The Bertz CT molecular complexity index is 336. The van der Waals surface area contributed by atoms with E-state index in [1.54, 1.807) is 0 Å². The molecule has 3 nitrogen and oxygen atoms in total. The maximum atomic E-state index is 5.97. The van der Waals surface area contributed by atoms with E-state index < -0.39 is 42.6 Å². The van der Waals surface area contributed by atoms with Gasteiger partial charge in [-0.3, -0.25) is 0 Å². The lowest BCUT2D eigenvalue weighted by atomic mass is 11.3. The predicted molar refractivity (Wildman–Crippen MR) is 118 cm³/mol. The molecule has 0 fully saturated rings. The van der Waals surface area contributed by atoms with E-state index in [1.165, 1.54) is 0 Å². The average molecular weight is 409 g/mol. The summed E-state index contributed by atoms with van der Waals surface area (Å²) in [4.78, 5) is 0. The Hall–Kier alpha value is 0.444. The lowest BCUT2D eigenvalue weighted by Gasteiger charge is -2.29. The molecule has 0 bridgehead atoms. The zero-order valence-electron chi connectivity index (χ0n) is 17.4. The molecule has 0 aromatic carbocycles. The summed E-state index contributed by atoms with van der Waals surface area (Å²) in [6.45, 7) is 31.6. The van der Waals surface area contributed by atoms with Crippen molar-refractivity contribution in [2.45, 2.75) is 72.0 Å². The fourth-order valence-electron chi connectivity index (χ4n) is 1.78. The van der Waals surface area contributed by atoms with Crippen molar-refractivity contribution in [1.82, 2.24) is 0 Å². The van der Waals surface area contributed by atoms with Crippen LogP contribution in [-0.4, -0.2) is 42.6 Å². The van der Waals surface area contributed by atoms with Crippen molar-refractivity contribution in [2.24, 2.45) is 0 Å². The van der Waals surface area contributed by atoms with Crippen molar-refractivity contribution >= 4 is 42.6 Å². The Morgan fingerprint density at radius 1 is 0.652 bits per heavy atom. The van der Waals surface area contributed by atoms with Crippen LogP contribution in [0.5, 0.6) is 0 Å². The standard InChI is InChI=1S/C8H18OSi2.C7H22O2Si3/c1-7-10(3,4)9-11(5,6)8-2;1-10(8-11(2,3)4)9-12(5,6)7/h7-8H,1-2H2,3-6H3;10H,1-7H3. The zero-order chi connectivity index (χ0) is 19.1. The highest BCUT2D eigenvalue weighted by atomic mass is 28.4. The van der Waals surface area contributed by atoms with Crippen LogP contribution in [0.25, 0.3) is 0 Å². The minimum absolute atomic E-state index is 1.33. The summed E-state index contributed by atoms with van der Waals surface area (Å²) < 4.78 is 17.8. The summed E-state index contributed by atoms with van der Waals surface area (Å²) in [5.74, 6) is 0. The molecular formula is C15H40O3Si5. The molecule has 0 atom stereocenters. The Balaban J connectivity index is 0. The highest BCUT2D eigenvalue weighted by Gasteiger charge is 2.28. The molecule has 0 aliphatic rings. The first kappa shape index (κ1) is 25.7. The second kappa shape index (κ2) is 9.81. The van der Waals surface area contributed by atoms with Crippen molar-refractivity contribution in [3.05, 3.63) is 24.6 Å².